The zero-order valence-corrected chi connectivity index (χ0v) is 19.5. The van der Waals surface area contributed by atoms with E-state index >= 15 is 0 Å². The highest BCUT2D eigenvalue weighted by atomic mass is 35.5. The monoisotopic (exact) mass is 496 g/mol. The Bertz CT molecular complexity index is 955. The molecule has 2 saturated heterocycles. The molecular formula is C25H28ClF3N2O3. The van der Waals surface area contributed by atoms with Gasteiger partial charge >= 0.3 is 6.18 Å². The summed E-state index contributed by atoms with van der Waals surface area (Å²) in [4.78, 5) is 15.8. The van der Waals surface area contributed by atoms with E-state index in [2.05, 4.69) is 10.2 Å². The second-order valence-electron chi connectivity index (χ2n) is 8.70. The second-order valence-corrected chi connectivity index (χ2v) is 9.13. The van der Waals surface area contributed by atoms with Crippen molar-refractivity contribution < 1.29 is 27.4 Å². The minimum atomic E-state index is -4.39. The Morgan fingerprint density at radius 3 is 2.15 bits per heavy atom. The Hall–Kier alpha value is -2.13. The molecule has 2 heterocycles. The molecule has 9 heteroatoms. The lowest BCUT2D eigenvalue weighted by molar-refractivity contribution is -0.137. The van der Waals surface area contributed by atoms with Crippen LogP contribution in [0.3, 0.4) is 0 Å². The van der Waals surface area contributed by atoms with Gasteiger partial charge in [-0.3, -0.25) is 9.69 Å². The molecule has 4 rings (SSSR count). The zero-order chi connectivity index (χ0) is 24.2. The van der Waals surface area contributed by atoms with Crippen LogP contribution in [-0.2, 0) is 25.9 Å². The van der Waals surface area contributed by atoms with Gasteiger partial charge in [-0.1, -0.05) is 35.9 Å². The summed E-state index contributed by atoms with van der Waals surface area (Å²) in [6.07, 6.45) is -3.30. The normalized spacial score (nSPS) is 20.0. The molecule has 0 aromatic heterocycles. The number of hydrogen-bond donors (Lipinski definition) is 1. The van der Waals surface area contributed by atoms with Gasteiger partial charge in [0.2, 0.25) is 5.91 Å². The summed E-state index contributed by atoms with van der Waals surface area (Å²) < 4.78 is 50.2. The zero-order valence-electron chi connectivity index (χ0n) is 18.7. The number of nitrogens with zero attached hydrogens (tertiary/aromatic N) is 1. The number of hydrogen-bond acceptors (Lipinski definition) is 4. The highest BCUT2D eigenvalue weighted by Crippen LogP contribution is 2.36. The number of benzene rings is 2. The third-order valence-electron chi connectivity index (χ3n) is 6.74. The average Bonchev–Trinajstić information content (AvgIpc) is 2.85. The molecule has 184 valence electrons. The molecular weight excluding hydrogens is 469 g/mol. The van der Waals surface area contributed by atoms with Gasteiger partial charge < -0.3 is 14.8 Å². The van der Waals surface area contributed by atoms with Crippen LogP contribution >= 0.6 is 11.6 Å². The van der Waals surface area contributed by atoms with Crippen LogP contribution in [-0.4, -0.2) is 56.9 Å². The van der Waals surface area contributed by atoms with Gasteiger partial charge in [0.1, 0.15) is 0 Å². The van der Waals surface area contributed by atoms with Crippen molar-refractivity contribution in [2.45, 2.75) is 30.5 Å². The highest BCUT2D eigenvalue weighted by Gasteiger charge is 2.42. The summed E-state index contributed by atoms with van der Waals surface area (Å²) in [6.45, 7) is 3.58. The van der Waals surface area contributed by atoms with Crippen molar-refractivity contribution in [3.8, 4) is 0 Å². The van der Waals surface area contributed by atoms with Crippen molar-refractivity contribution in [3.05, 3.63) is 70.2 Å². The van der Waals surface area contributed by atoms with Crippen molar-refractivity contribution in [1.82, 2.24) is 10.2 Å². The summed E-state index contributed by atoms with van der Waals surface area (Å²) in [5, 5.41) is 3.71. The van der Waals surface area contributed by atoms with Crippen molar-refractivity contribution in [2.24, 2.45) is 0 Å². The Morgan fingerprint density at radius 1 is 0.971 bits per heavy atom. The number of halogens is 4. The minimum Gasteiger partial charge on any atom is -0.381 e. The number of carbonyl (C=O) groups excluding carboxylic acids is 1. The Labute approximate surface area is 202 Å². The summed E-state index contributed by atoms with van der Waals surface area (Å²) in [5.41, 5.74) is 0.182. The Balaban J connectivity index is 1.56. The van der Waals surface area contributed by atoms with E-state index in [-0.39, 0.29) is 18.5 Å². The maximum absolute atomic E-state index is 13.6. The predicted molar refractivity (Wildman–Crippen MR) is 123 cm³/mol. The first kappa shape index (κ1) is 25.0. The number of alkyl halides is 3. The van der Waals surface area contributed by atoms with Gasteiger partial charge in [-0.2, -0.15) is 13.2 Å². The Kier molecular flexibility index (Phi) is 7.82. The summed E-state index contributed by atoms with van der Waals surface area (Å²) >= 11 is 6.06. The van der Waals surface area contributed by atoms with Crippen LogP contribution in [0.15, 0.2) is 48.5 Å². The van der Waals surface area contributed by atoms with Gasteiger partial charge in [0, 0.05) is 37.9 Å². The van der Waals surface area contributed by atoms with E-state index in [0.717, 1.165) is 23.3 Å². The van der Waals surface area contributed by atoms with Gasteiger partial charge in [-0.15, -0.1) is 0 Å². The average molecular weight is 497 g/mol. The van der Waals surface area contributed by atoms with Crippen LogP contribution < -0.4 is 5.32 Å². The van der Waals surface area contributed by atoms with Crippen molar-refractivity contribution >= 4 is 17.5 Å². The van der Waals surface area contributed by atoms with E-state index in [1.54, 1.807) is 12.1 Å². The van der Waals surface area contributed by atoms with Crippen LogP contribution in [0.25, 0.3) is 0 Å². The van der Waals surface area contributed by atoms with Gasteiger partial charge in [0.05, 0.1) is 30.2 Å². The van der Waals surface area contributed by atoms with Crippen LogP contribution in [0.4, 0.5) is 13.2 Å². The fourth-order valence-electron chi connectivity index (χ4n) is 4.74. The van der Waals surface area contributed by atoms with Gasteiger partial charge in [0.25, 0.3) is 0 Å². The summed E-state index contributed by atoms with van der Waals surface area (Å²) in [5.74, 6) is -0.108. The van der Waals surface area contributed by atoms with Gasteiger partial charge in [-0.25, -0.2) is 0 Å². The third-order valence-corrected chi connectivity index (χ3v) is 6.99. The molecule has 1 N–H and O–H groups in total. The molecule has 0 radical (unpaired) electrons. The molecule has 2 aromatic carbocycles. The molecule has 0 saturated carbocycles. The number of nitrogens with one attached hydrogen (secondary N) is 1. The van der Waals surface area contributed by atoms with Gasteiger partial charge in [0.15, 0.2) is 0 Å². The fourth-order valence-corrected chi connectivity index (χ4v) is 4.86. The SMILES string of the molecule is O=C(NCC(c1ccc(C(F)(F)F)cc1)N1CCOCC1)C1(c2ccc(Cl)cc2)CCOCC1. The minimum absolute atomic E-state index is 0.108. The maximum Gasteiger partial charge on any atom is 0.416 e. The van der Waals surface area contributed by atoms with Crippen LogP contribution in [0, 0.1) is 0 Å². The van der Waals surface area contributed by atoms with Crippen LogP contribution in [0.2, 0.25) is 5.02 Å². The molecule has 2 aromatic rings. The molecule has 0 spiro atoms. The molecule has 1 atom stereocenters. The summed E-state index contributed by atoms with van der Waals surface area (Å²) in [7, 11) is 0. The Morgan fingerprint density at radius 2 is 1.56 bits per heavy atom. The molecule has 2 fully saturated rings. The van der Waals surface area contributed by atoms with E-state index in [1.165, 1.54) is 12.1 Å². The molecule has 0 bridgehead atoms. The maximum atomic E-state index is 13.6. The number of ether oxygens (including phenoxy) is 2. The number of rotatable bonds is 6. The lowest BCUT2D eigenvalue weighted by atomic mass is 9.73. The molecule has 2 aliphatic rings. The predicted octanol–water partition coefficient (Wildman–Crippen LogP) is 4.60. The fraction of sp³-hybridized carbons (Fsp3) is 0.480. The van der Waals surface area contributed by atoms with Crippen LogP contribution in [0.1, 0.15) is 35.6 Å². The van der Waals surface area contributed by atoms with Crippen molar-refractivity contribution in [2.75, 3.05) is 46.1 Å². The number of carbonyl (C=O) groups is 1. The largest absolute Gasteiger partial charge is 0.416 e. The standard InChI is InChI=1S/C25H28ClF3N2O3/c26-21-7-5-19(6-8-21)24(9-13-33-14-10-24)23(32)30-17-22(31-11-15-34-16-12-31)18-1-3-20(4-2-18)25(27,28)29/h1-8,22H,9-17H2,(H,30,32). The van der Waals surface area contributed by atoms with E-state index in [9.17, 15) is 18.0 Å². The molecule has 5 nitrogen and oxygen atoms in total. The third kappa shape index (κ3) is 5.57. The van der Waals surface area contributed by atoms with E-state index in [0.29, 0.717) is 57.4 Å². The lowest BCUT2D eigenvalue weighted by Crippen LogP contribution is -2.51. The highest BCUT2D eigenvalue weighted by molar-refractivity contribution is 6.30. The molecule has 0 aliphatic carbocycles. The first-order chi connectivity index (χ1) is 16.3. The van der Waals surface area contributed by atoms with Crippen LogP contribution in [0.5, 0.6) is 0 Å². The smallest absolute Gasteiger partial charge is 0.381 e. The molecule has 1 unspecified atom stereocenters. The first-order valence-corrected chi connectivity index (χ1v) is 11.8. The second kappa shape index (κ2) is 10.6. The number of amides is 1. The first-order valence-electron chi connectivity index (χ1n) is 11.4. The quantitative estimate of drug-likeness (QED) is 0.635. The lowest BCUT2D eigenvalue weighted by Gasteiger charge is -2.38. The van der Waals surface area contributed by atoms with E-state index < -0.39 is 17.2 Å². The summed E-state index contributed by atoms with van der Waals surface area (Å²) in [6, 6.07) is 12.2. The van der Waals surface area contributed by atoms with Gasteiger partial charge in [-0.05, 0) is 48.2 Å². The molecule has 34 heavy (non-hydrogen) atoms. The molecule has 1 amide bonds. The van der Waals surface area contributed by atoms with E-state index in [4.69, 9.17) is 21.1 Å². The van der Waals surface area contributed by atoms with Crippen molar-refractivity contribution in [1.29, 1.82) is 0 Å². The topological polar surface area (TPSA) is 50.8 Å². The molecule has 2 aliphatic heterocycles. The number of morpholine rings is 1. The van der Waals surface area contributed by atoms with E-state index in [1.807, 2.05) is 12.1 Å². The van der Waals surface area contributed by atoms with Crippen molar-refractivity contribution in [3.63, 3.8) is 0 Å².